The number of carbonyl (C=O) groups excluding carboxylic acids is 1. The third kappa shape index (κ3) is 3.29. The number of ether oxygens (including phenoxy) is 1. The monoisotopic (exact) mass is 400 g/mol. The second-order valence-electron chi connectivity index (χ2n) is 8.38. The minimum absolute atomic E-state index is 0.105. The first kappa shape index (κ1) is 18.3. The normalized spacial score (nSPS) is 22.0. The summed E-state index contributed by atoms with van der Waals surface area (Å²) >= 11 is 1.66. The maximum Gasteiger partial charge on any atom is 0.261 e. The van der Waals surface area contributed by atoms with Crippen molar-refractivity contribution in [3.05, 3.63) is 39.3 Å². The standard InChI is InChI=1S/C21H28N4O2S/c1-24-17(5-9-22-24)14-25-10-7-21(8-11-25)19-15(6-12-27-21)13-18(28-19)20(26)23-16-3-2-4-16/h5,9,13,16H,2-4,6-8,10-12,14H2,1H3,(H,23,26). The Labute approximate surface area is 169 Å². The lowest BCUT2D eigenvalue weighted by Crippen LogP contribution is -2.45. The van der Waals surface area contributed by atoms with Gasteiger partial charge in [0.2, 0.25) is 0 Å². The highest BCUT2D eigenvalue weighted by Crippen LogP contribution is 2.45. The summed E-state index contributed by atoms with van der Waals surface area (Å²) in [5, 5.41) is 7.46. The zero-order valence-electron chi connectivity index (χ0n) is 16.4. The number of likely N-dealkylation sites (tertiary alicyclic amines) is 1. The van der Waals surface area contributed by atoms with E-state index in [1.807, 2.05) is 17.9 Å². The van der Waals surface area contributed by atoms with Gasteiger partial charge < -0.3 is 10.1 Å². The maximum absolute atomic E-state index is 12.6. The van der Waals surface area contributed by atoms with Crippen molar-refractivity contribution in [2.45, 2.75) is 56.7 Å². The van der Waals surface area contributed by atoms with Gasteiger partial charge in [-0.15, -0.1) is 11.3 Å². The summed E-state index contributed by atoms with van der Waals surface area (Å²) in [6, 6.07) is 4.60. The van der Waals surface area contributed by atoms with E-state index in [0.717, 1.165) is 63.2 Å². The molecule has 5 rings (SSSR count). The Kier molecular flexibility index (Phi) is 4.77. The molecule has 0 unspecified atom stereocenters. The Morgan fingerprint density at radius 3 is 2.89 bits per heavy atom. The first-order valence-corrected chi connectivity index (χ1v) is 11.2. The molecule has 7 heteroatoms. The van der Waals surface area contributed by atoms with Crippen molar-refractivity contribution in [1.29, 1.82) is 0 Å². The van der Waals surface area contributed by atoms with E-state index in [-0.39, 0.29) is 11.5 Å². The number of nitrogens with one attached hydrogen (secondary N) is 1. The lowest BCUT2D eigenvalue weighted by atomic mass is 9.85. The second-order valence-corrected chi connectivity index (χ2v) is 9.43. The molecule has 150 valence electrons. The van der Waals surface area contributed by atoms with E-state index in [1.54, 1.807) is 11.3 Å². The fourth-order valence-electron chi connectivity index (χ4n) is 4.57. The van der Waals surface area contributed by atoms with Gasteiger partial charge in [-0.2, -0.15) is 5.10 Å². The number of aromatic nitrogens is 2. The van der Waals surface area contributed by atoms with E-state index in [4.69, 9.17) is 4.74 Å². The van der Waals surface area contributed by atoms with Crippen LogP contribution in [-0.4, -0.2) is 46.3 Å². The summed E-state index contributed by atoms with van der Waals surface area (Å²) in [5.74, 6) is 0.105. The molecule has 0 atom stereocenters. The third-order valence-electron chi connectivity index (χ3n) is 6.61. The minimum atomic E-state index is -0.198. The molecule has 0 radical (unpaired) electrons. The van der Waals surface area contributed by atoms with Crippen molar-refractivity contribution in [2.75, 3.05) is 19.7 Å². The number of amides is 1. The molecule has 2 aromatic heterocycles. The van der Waals surface area contributed by atoms with Gasteiger partial charge in [0.25, 0.3) is 5.91 Å². The molecular formula is C21H28N4O2S. The van der Waals surface area contributed by atoms with E-state index in [9.17, 15) is 4.79 Å². The minimum Gasteiger partial charge on any atom is -0.369 e. The van der Waals surface area contributed by atoms with Crippen molar-refractivity contribution in [1.82, 2.24) is 20.0 Å². The molecule has 1 saturated heterocycles. The fraction of sp³-hybridized carbons (Fsp3) is 0.619. The van der Waals surface area contributed by atoms with Crippen molar-refractivity contribution in [2.24, 2.45) is 7.05 Å². The quantitative estimate of drug-likeness (QED) is 0.857. The zero-order valence-corrected chi connectivity index (χ0v) is 17.3. The highest BCUT2D eigenvalue weighted by atomic mass is 32.1. The Morgan fingerprint density at radius 1 is 1.39 bits per heavy atom. The van der Waals surface area contributed by atoms with Crippen molar-refractivity contribution in [3.63, 3.8) is 0 Å². The highest BCUT2D eigenvalue weighted by molar-refractivity contribution is 7.14. The van der Waals surface area contributed by atoms with E-state index in [0.29, 0.717) is 6.04 Å². The van der Waals surface area contributed by atoms with E-state index < -0.39 is 0 Å². The molecule has 4 heterocycles. The Hall–Kier alpha value is -1.70. The smallest absolute Gasteiger partial charge is 0.261 e. The van der Waals surface area contributed by atoms with Gasteiger partial charge in [0.1, 0.15) is 5.60 Å². The molecule has 1 saturated carbocycles. The number of piperidine rings is 1. The molecule has 1 amide bonds. The molecule has 2 aliphatic heterocycles. The van der Waals surface area contributed by atoms with Crippen LogP contribution in [0.4, 0.5) is 0 Å². The van der Waals surface area contributed by atoms with E-state index in [1.165, 1.54) is 22.6 Å². The van der Waals surface area contributed by atoms with Crippen LogP contribution in [0.2, 0.25) is 0 Å². The van der Waals surface area contributed by atoms with Crippen LogP contribution in [0.5, 0.6) is 0 Å². The second kappa shape index (κ2) is 7.28. The average molecular weight is 401 g/mol. The molecule has 2 fully saturated rings. The number of aryl methyl sites for hydroxylation is 1. The molecule has 0 aromatic carbocycles. The summed E-state index contributed by atoms with van der Waals surface area (Å²) < 4.78 is 8.33. The number of nitrogens with zero attached hydrogens (tertiary/aromatic N) is 3. The predicted molar refractivity (Wildman–Crippen MR) is 108 cm³/mol. The summed E-state index contributed by atoms with van der Waals surface area (Å²) in [6.07, 6.45) is 8.23. The maximum atomic E-state index is 12.6. The van der Waals surface area contributed by atoms with Gasteiger partial charge in [-0.1, -0.05) is 0 Å². The van der Waals surface area contributed by atoms with Crippen molar-refractivity contribution in [3.8, 4) is 0 Å². The van der Waals surface area contributed by atoms with Gasteiger partial charge in [-0.25, -0.2) is 0 Å². The van der Waals surface area contributed by atoms with Crippen LogP contribution in [0.25, 0.3) is 0 Å². The van der Waals surface area contributed by atoms with E-state index in [2.05, 4.69) is 27.4 Å². The van der Waals surface area contributed by atoms with Gasteiger partial charge in [0, 0.05) is 43.8 Å². The Morgan fingerprint density at radius 2 is 2.21 bits per heavy atom. The SMILES string of the molecule is Cn1nccc1CN1CCC2(CC1)OCCc1cc(C(=O)NC3CCC3)sc12. The van der Waals surface area contributed by atoms with Crippen LogP contribution in [0.3, 0.4) is 0 Å². The number of rotatable bonds is 4. The molecule has 2 aromatic rings. The first-order chi connectivity index (χ1) is 13.6. The van der Waals surface area contributed by atoms with Crippen LogP contribution >= 0.6 is 11.3 Å². The van der Waals surface area contributed by atoms with Gasteiger partial charge in [-0.3, -0.25) is 14.4 Å². The Bertz CT molecular complexity index is 862. The third-order valence-corrected chi connectivity index (χ3v) is 7.97. The Balaban J connectivity index is 1.29. The molecule has 0 bridgehead atoms. The van der Waals surface area contributed by atoms with Crippen LogP contribution in [0.15, 0.2) is 18.3 Å². The van der Waals surface area contributed by atoms with E-state index >= 15 is 0 Å². The highest BCUT2D eigenvalue weighted by Gasteiger charge is 2.42. The van der Waals surface area contributed by atoms with Crippen LogP contribution < -0.4 is 5.32 Å². The number of carbonyl (C=O) groups is 1. The average Bonchev–Trinajstić information content (AvgIpc) is 3.28. The van der Waals surface area contributed by atoms with Gasteiger partial charge in [0.05, 0.1) is 17.2 Å². The number of hydrogen-bond acceptors (Lipinski definition) is 5. The van der Waals surface area contributed by atoms with Gasteiger partial charge in [0.15, 0.2) is 0 Å². The summed E-state index contributed by atoms with van der Waals surface area (Å²) in [7, 11) is 2.00. The number of hydrogen-bond donors (Lipinski definition) is 1. The molecule has 1 spiro atoms. The first-order valence-electron chi connectivity index (χ1n) is 10.4. The zero-order chi connectivity index (χ0) is 19.1. The van der Waals surface area contributed by atoms with Crippen molar-refractivity contribution < 1.29 is 9.53 Å². The molecule has 1 aliphatic carbocycles. The van der Waals surface area contributed by atoms with Gasteiger partial charge >= 0.3 is 0 Å². The van der Waals surface area contributed by atoms with Gasteiger partial charge in [-0.05, 0) is 56.2 Å². The predicted octanol–water partition coefficient (Wildman–Crippen LogP) is 2.83. The van der Waals surface area contributed by atoms with Crippen molar-refractivity contribution >= 4 is 17.2 Å². The van der Waals surface area contributed by atoms with Crippen LogP contribution in [-0.2, 0) is 30.4 Å². The molecule has 28 heavy (non-hydrogen) atoms. The van der Waals surface area contributed by atoms with Crippen LogP contribution in [0.1, 0.15) is 57.9 Å². The van der Waals surface area contributed by atoms with Crippen LogP contribution in [0, 0.1) is 0 Å². The lowest BCUT2D eigenvalue weighted by Gasteiger charge is -2.43. The summed E-state index contributed by atoms with van der Waals surface area (Å²) in [5.41, 5.74) is 2.37. The molecule has 6 nitrogen and oxygen atoms in total. The molecular weight excluding hydrogens is 372 g/mol. The molecule has 1 N–H and O–H groups in total. The number of fused-ring (bicyclic) bond motifs is 2. The number of thiophene rings is 1. The lowest BCUT2D eigenvalue weighted by molar-refractivity contribution is -0.0962. The molecule has 3 aliphatic rings. The fourth-order valence-corrected chi connectivity index (χ4v) is 5.89. The summed E-state index contributed by atoms with van der Waals surface area (Å²) in [6.45, 7) is 3.70. The topological polar surface area (TPSA) is 59.4 Å². The largest absolute Gasteiger partial charge is 0.369 e. The summed E-state index contributed by atoms with van der Waals surface area (Å²) in [4.78, 5) is 17.3.